The van der Waals surface area contributed by atoms with Gasteiger partial charge in [0.15, 0.2) is 11.6 Å². The van der Waals surface area contributed by atoms with Crippen molar-refractivity contribution in [1.29, 1.82) is 0 Å². The molecule has 0 saturated carbocycles. The van der Waals surface area contributed by atoms with Crippen molar-refractivity contribution in [3.05, 3.63) is 206 Å². The molecule has 13 aromatic rings. The summed E-state index contributed by atoms with van der Waals surface area (Å²) in [6.07, 6.45) is 0. The molecule has 0 radical (unpaired) electrons. The Kier molecular flexibility index (Phi) is 8.01. The topological polar surface area (TPSA) is 56.7 Å². The van der Waals surface area contributed by atoms with E-state index in [1.54, 1.807) is 0 Å². The van der Waals surface area contributed by atoms with Gasteiger partial charge in [0.25, 0.3) is 0 Å². The van der Waals surface area contributed by atoms with Crippen molar-refractivity contribution in [3.63, 3.8) is 0 Å². The van der Waals surface area contributed by atoms with Gasteiger partial charge >= 0.3 is 0 Å². The van der Waals surface area contributed by atoms with Crippen LogP contribution in [-0.4, -0.2) is 19.5 Å². The lowest BCUT2D eigenvalue weighted by Gasteiger charge is -2.15. The maximum absolute atomic E-state index is 6.36. The molecule has 0 atom stereocenters. The zero-order chi connectivity index (χ0) is 41.4. The van der Waals surface area contributed by atoms with Crippen LogP contribution in [-0.2, 0) is 0 Å². The zero-order valence-electron chi connectivity index (χ0n) is 33.7. The van der Waals surface area contributed by atoms with Gasteiger partial charge in [-0.25, -0.2) is 4.98 Å². The summed E-state index contributed by atoms with van der Waals surface area (Å²) < 4.78 is 11.2. The fraction of sp³-hybridized carbons (Fsp3) is 0. The zero-order valence-corrected chi connectivity index (χ0v) is 34.6. The predicted octanol–water partition coefficient (Wildman–Crippen LogP) is 15.6. The van der Waals surface area contributed by atoms with Crippen molar-refractivity contribution >= 4 is 75.3 Å². The van der Waals surface area contributed by atoms with E-state index in [4.69, 9.17) is 19.4 Å². The first-order valence-corrected chi connectivity index (χ1v) is 21.9. The molecule has 4 heterocycles. The van der Waals surface area contributed by atoms with Crippen LogP contribution in [0, 0.1) is 0 Å². The fourth-order valence-corrected chi connectivity index (χ4v) is 10.4. The summed E-state index contributed by atoms with van der Waals surface area (Å²) in [5.41, 5.74) is 12.2. The highest BCUT2D eigenvalue weighted by Crippen LogP contribution is 2.43. The van der Waals surface area contributed by atoms with Crippen molar-refractivity contribution in [3.8, 4) is 62.1 Å². The molecule has 0 aliphatic heterocycles. The van der Waals surface area contributed by atoms with Gasteiger partial charge in [0, 0.05) is 58.4 Å². The Labute approximate surface area is 365 Å². The van der Waals surface area contributed by atoms with E-state index in [-0.39, 0.29) is 0 Å². The van der Waals surface area contributed by atoms with Crippen LogP contribution in [0.25, 0.3) is 126 Å². The average Bonchev–Trinajstić information content (AvgIpc) is 4.03. The first-order chi connectivity index (χ1) is 31.2. The van der Waals surface area contributed by atoms with Crippen LogP contribution in [0.2, 0.25) is 0 Å². The van der Waals surface area contributed by atoms with E-state index in [0.29, 0.717) is 17.6 Å². The van der Waals surface area contributed by atoms with Gasteiger partial charge in [-0.15, -0.1) is 11.3 Å². The minimum atomic E-state index is 0.537. The minimum Gasteiger partial charge on any atom is -0.456 e. The Morgan fingerprint density at radius 2 is 0.968 bits per heavy atom. The van der Waals surface area contributed by atoms with Crippen LogP contribution in [0.15, 0.2) is 211 Å². The number of para-hydroxylation sites is 2. The summed E-state index contributed by atoms with van der Waals surface area (Å²) in [6, 6.07) is 72.9. The van der Waals surface area contributed by atoms with E-state index in [0.717, 1.165) is 82.7 Å². The van der Waals surface area contributed by atoms with Crippen LogP contribution in [0.4, 0.5) is 0 Å². The number of aromatic nitrogens is 4. The van der Waals surface area contributed by atoms with Crippen LogP contribution < -0.4 is 0 Å². The van der Waals surface area contributed by atoms with Crippen LogP contribution >= 0.6 is 11.3 Å². The molecule has 9 aromatic carbocycles. The normalized spacial score (nSPS) is 11.8. The Balaban J connectivity index is 1.07. The Bertz CT molecular complexity index is 3920. The van der Waals surface area contributed by atoms with Gasteiger partial charge in [-0.05, 0) is 82.4 Å². The molecule has 4 aromatic heterocycles. The lowest BCUT2D eigenvalue weighted by atomic mass is 9.93. The molecule has 0 unspecified atom stereocenters. The number of nitrogens with zero attached hydrogens (tertiary/aromatic N) is 4. The monoisotopic (exact) mass is 822 g/mol. The molecule has 0 aliphatic carbocycles. The molecule has 294 valence electrons. The maximum atomic E-state index is 6.36. The smallest absolute Gasteiger partial charge is 0.238 e. The van der Waals surface area contributed by atoms with E-state index in [2.05, 4.69) is 168 Å². The third-order valence-corrected chi connectivity index (χ3v) is 13.4. The predicted molar refractivity (Wildman–Crippen MR) is 262 cm³/mol. The first-order valence-electron chi connectivity index (χ1n) is 21.1. The van der Waals surface area contributed by atoms with E-state index in [9.17, 15) is 0 Å². The largest absolute Gasteiger partial charge is 0.456 e. The van der Waals surface area contributed by atoms with Gasteiger partial charge in [0.1, 0.15) is 11.2 Å². The summed E-state index contributed by atoms with van der Waals surface area (Å²) in [4.78, 5) is 15.8. The molecule has 0 fully saturated rings. The SMILES string of the molecule is c1ccc(-c2cc(-c3cccc(-c4ccc5c(c4)sc4ccccc45)c3)c3c(c2)c2ccccc2n3-c2nc(-c3ccccc3)nc(-c3ccc4c(c3)oc3ccccc34)n2)cc1. The number of hydrogen-bond acceptors (Lipinski definition) is 5. The molecule has 0 aliphatic rings. The van der Waals surface area contributed by atoms with E-state index in [1.165, 1.54) is 25.7 Å². The van der Waals surface area contributed by atoms with Crippen LogP contribution in [0.1, 0.15) is 0 Å². The number of rotatable bonds is 6. The highest BCUT2D eigenvalue weighted by Gasteiger charge is 2.23. The Morgan fingerprint density at radius 3 is 1.83 bits per heavy atom. The van der Waals surface area contributed by atoms with Gasteiger partial charge in [0.05, 0.1) is 11.0 Å². The quantitative estimate of drug-likeness (QED) is 0.168. The highest BCUT2D eigenvalue weighted by molar-refractivity contribution is 7.25. The lowest BCUT2D eigenvalue weighted by molar-refractivity contribution is 0.669. The van der Waals surface area contributed by atoms with Crippen molar-refractivity contribution in [2.45, 2.75) is 0 Å². The summed E-state index contributed by atoms with van der Waals surface area (Å²) in [5.74, 6) is 1.69. The second kappa shape index (κ2) is 14.2. The molecule has 0 saturated heterocycles. The molecular formula is C57H34N4OS. The van der Waals surface area contributed by atoms with Gasteiger partial charge in [-0.3, -0.25) is 4.57 Å². The van der Waals surface area contributed by atoms with Crippen LogP contribution in [0.5, 0.6) is 0 Å². The van der Waals surface area contributed by atoms with Gasteiger partial charge in [0.2, 0.25) is 5.95 Å². The van der Waals surface area contributed by atoms with E-state index < -0.39 is 0 Å². The summed E-state index contributed by atoms with van der Waals surface area (Å²) in [5, 5.41) is 6.96. The van der Waals surface area contributed by atoms with Crippen molar-refractivity contribution in [2.75, 3.05) is 0 Å². The van der Waals surface area contributed by atoms with Crippen molar-refractivity contribution in [2.24, 2.45) is 0 Å². The number of thiophene rings is 1. The molecule has 0 amide bonds. The lowest BCUT2D eigenvalue weighted by Crippen LogP contribution is -2.07. The number of hydrogen-bond donors (Lipinski definition) is 0. The Morgan fingerprint density at radius 1 is 0.349 bits per heavy atom. The summed E-state index contributed by atoms with van der Waals surface area (Å²) in [7, 11) is 0. The number of furan rings is 1. The van der Waals surface area contributed by atoms with Crippen molar-refractivity contribution in [1.82, 2.24) is 19.5 Å². The molecule has 6 heteroatoms. The molecule has 0 bridgehead atoms. The standard InChI is InChI=1S/C57H34N4OS/c1-3-14-35(15-4-1)41-31-47(39-19-13-18-37(30-39)38-26-29-46-45-22-9-12-25-52(45)63-53(46)34-38)54-48(32-41)42-20-7-10-23-49(42)61(54)57-59-55(36-16-5-2-6-17-36)58-56(60-57)40-27-28-44-43-21-8-11-24-50(43)62-51(44)33-40/h1-34H. The number of benzene rings is 9. The molecular weight excluding hydrogens is 789 g/mol. The second-order valence-electron chi connectivity index (χ2n) is 16.0. The minimum absolute atomic E-state index is 0.537. The second-order valence-corrected chi connectivity index (χ2v) is 17.1. The Hall–Kier alpha value is -8.19. The van der Waals surface area contributed by atoms with E-state index >= 15 is 0 Å². The third-order valence-electron chi connectivity index (χ3n) is 12.3. The van der Waals surface area contributed by atoms with Gasteiger partial charge in [-0.1, -0.05) is 152 Å². The molecule has 0 N–H and O–H groups in total. The highest BCUT2D eigenvalue weighted by atomic mass is 32.1. The number of fused-ring (bicyclic) bond motifs is 9. The summed E-state index contributed by atoms with van der Waals surface area (Å²) >= 11 is 1.85. The van der Waals surface area contributed by atoms with Gasteiger partial charge in [-0.2, -0.15) is 9.97 Å². The molecule has 63 heavy (non-hydrogen) atoms. The van der Waals surface area contributed by atoms with E-state index in [1.807, 2.05) is 53.8 Å². The summed E-state index contributed by atoms with van der Waals surface area (Å²) in [6.45, 7) is 0. The third kappa shape index (κ3) is 5.87. The molecule has 5 nitrogen and oxygen atoms in total. The first kappa shape index (κ1) is 35.6. The average molecular weight is 823 g/mol. The van der Waals surface area contributed by atoms with Crippen molar-refractivity contribution < 1.29 is 4.42 Å². The molecule has 13 rings (SSSR count). The maximum Gasteiger partial charge on any atom is 0.238 e. The fourth-order valence-electron chi connectivity index (χ4n) is 9.27. The van der Waals surface area contributed by atoms with Crippen LogP contribution in [0.3, 0.4) is 0 Å². The van der Waals surface area contributed by atoms with Gasteiger partial charge < -0.3 is 4.42 Å². The molecule has 0 spiro atoms.